The summed E-state index contributed by atoms with van der Waals surface area (Å²) in [7, 11) is 0. The van der Waals surface area contributed by atoms with Crippen LogP contribution in [0.3, 0.4) is 0 Å². The first-order valence-electron chi connectivity index (χ1n) is 12.4. The molecule has 5 nitrogen and oxygen atoms in total. The molecule has 0 saturated heterocycles. The van der Waals surface area contributed by atoms with Crippen molar-refractivity contribution in [2.24, 2.45) is 0 Å². The van der Waals surface area contributed by atoms with E-state index in [9.17, 15) is 9.59 Å². The Labute approximate surface area is 223 Å². The highest BCUT2D eigenvalue weighted by Crippen LogP contribution is 2.26. The Morgan fingerprint density at radius 3 is 2.30 bits per heavy atom. The molecule has 37 heavy (non-hydrogen) atoms. The first kappa shape index (κ1) is 26.2. The summed E-state index contributed by atoms with van der Waals surface area (Å²) < 4.78 is 6.04. The van der Waals surface area contributed by atoms with Crippen LogP contribution in [-0.4, -0.2) is 35.4 Å². The molecule has 190 valence electrons. The lowest BCUT2D eigenvalue weighted by atomic mass is 10.0. The molecule has 0 aliphatic carbocycles. The molecule has 1 atom stereocenters. The molecule has 0 fully saturated rings. The zero-order valence-electron chi connectivity index (χ0n) is 21.1. The van der Waals surface area contributed by atoms with Crippen LogP contribution in [0.1, 0.15) is 25.0 Å². The Hall–Kier alpha value is -3.83. The summed E-state index contributed by atoms with van der Waals surface area (Å²) in [6.07, 6.45) is 0.365. The van der Waals surface area contributed by atoms with E-state index in [1.807, 2.05) is 105 Å². The standard InChI is InChI=1S/C31H31ClN2O3/c1-22(2)33-31(36)28(19-23-11-4-3-5-12-23)34(20-25-14-7-9-17-27(25)32)30(35)21-37-29-18-10-15-24-13-6-8-16-26(24)29/h3-18,22,28H,19-21H2,1-2H3,(H,33,36). The molecule has 0 saturated carbocycles. The topological polar surface area (TPSA) is 58.6 Å². The second-order valence-electron chi connectivity index (χ2n) is 9.25. The first-order valence-corrected chi connectivity index (χ1v) is 12.8. The number of carbonyl (C=O) groups excluding carboxylic acids is 2. The van der Waals surface area contributed by atoms with Crippen LogP contribution in [0.2, 0.25) is 5.02 Å². The molecule has 0 spiro atoms. The number of nitrogens with one attached hydrogen (secondary N) is 1. The Bertz CT molecular complexity index is 1350. The maximum absolute atomic E-state index is 13.8. The van der Waals surface area contributed by atoms with Crippen LogP contribution in [-0.2, 0) is 22.6 Å². The lowest BCUT2D eigenvalue weighted by Crippen LogP contribution is -2.52. The van der Waals surface area contributed by atoms with Gasteiger partial charge < -0.3 is 15.0 Å². The maximum Gasteiger partial charge on any atom is 0.261 e. The SMILES string of the molecule is CC(C)NC(=O)C(Cc1ccccc1)N(Cc1ccccc1Cl)C(=O)COc1cccc2ccccc12. The molecule has 1 N–H and O–H groups in total. The van der Waals surface area contributed by atoms with E-state index < -0.39 is 6.04 Å². The molecule has 2 amide bonds. The van der Waals surface area contributed by atoms with Gasteiger partial charge in [-0.1, -0.05) is 96.5 Å². The summed E-state index contributed by atoms with van der Waals surface area (Å²) in [4.78, 5) is 28.8. The van der Waals surface area contributed by atoms with E-state index in [1.165, 1.54) is 0 Å². The van der Waals surface area contributed by atoms with Gasteiger partial charge in [0.2, 0.25) is 5.91 Å². The lowest BCUT2D eigenvalue weighted by molar-refractivity contribution is -0.143. The van der Waals surface area contributed by atoms with E-state index in [2.05, 4.69) is 5.32 Å². The molecule has 0 aromatic heterocycles. The predicted octanol–water partition coefficient (Wildman–Crippen LogP) is 6.04. The van der Waals surface area contributed by atoms with E-state index in [4.69, 9.17) is 16.3 Å². The molecule has 1 unspecified atom stereocenters. The minimum Gasteiger partial charge on any atom is -0.483 e. The molecule has 6 heteroatoms. The third kappa shape index (κ3) is 6.89. The fourth-order valence-electron chi connectivity index (χ4n) is 4.29. The summed E-state index contributed by atoms with van der Waals surface area (Å²) >= 11 is 6.47. The van der Waals surface area contributed by atoms with Crippen LogP contribution in [0.25, 0.3) is 10.8 Å². The number of rotatable bonds is 10. The molecule has 0 bridgehead atoms. The highest BCUT2D eigenvalue weighted by Gasteiger charge is 2.31. The van der Waals surface area contributed by atoms with Crippen LogP contribution in [0.4, 0.5) is 0 Å². The van der Waals surface area contributed by atoms with Gasteiger partial charge in [0.15, 0.2) is 6.61 Å². The van der Waals surface area contributed by atoms with Gasteiger partial charge in [-0.2, -0.15) is 0 Å². The summed E-state index contributed by atoms with van der Waals surface area (Å²) in [6.45, 7) is 3.78. The van der Waals surface area contributed by atoms with Gasteiger partial charge in [0.1, 0.15) is 11.8 Å². The first-order chi connectivity index (χ1) is 17.9. The summed E-state index contributed by atoms with van der Waals surface area (Å²) in [5.74, 6) is 0.104. The van der Waals surface area contributed by atoms with Crippen molar-refractivity contribution in [3.8, 4) is 5.75 Å². The second-order valence-corrected chi connectivity index (χ2v) is 9.66. The largest absolute Gasteiger partial charge is 0.483 e. The third-order valence-electron chi connectivity index (χ3n) is 6.10. The van der Waals surface area contributed by atoms with Gasteiger partial charge in [-0.25, -0.2) is 0 Å². The average Bonchev–Trinajstić information content (AvgIpc) is 2.90. The smallest absolute Gasteiger partial charge is 0.261 e. The van der Waals surface area contributed by atoms with Crippen molar-refractivity contribution in [2.45, 2.75) is 38.9 Å². The van der Waals surface area contributed by atoms with Crippen molar-refractivity contribution in [1.29, 1.82) is 0 Å². The molecule has 0 radical (unpaired) electrons. The maximum atomic E-state index is 13.8. The van der Waals surface area contributed by atoms with Crippen molar-refractivity contribution in [1.82, 2.24) is 10.2 Å². The fourth-order valence-corrected chi connectivity index (χ4v) is 4.48. The predicted molar refractivity (Wildman–Crippen MR) is 149 cm³/mol. The number of nitrogens with zero attached hydrogens (tertiary/aromatic N) is 1. The van der Waals surface area contributed by atoms with Gasteiger partial charge in [0, 0.05) is 29.4 Å². The molecular formula is C31H31ClN2O3. The Morgan fingerprint density at radius 1 is 0.865 bits per heavy atom. The number of halogens is 1. The monoisotopic (exact) mass is 514 g/mol. The molecule has 0 aliphatic heterocycles. The summed E-state index contributed by atoms with van der Waals surface area (Å²) in [5.41, 5.74) is 1.72. The Morgan fingerprint density at radius 2 is 1.54 bits per heavy atom. The molecule has 4 aromatic carbocycles. The van der Waals surface area contributed by atoms with Gasteiger partial charge in [0.05, 0.1) is 0 Å². The van der Waals surface area contributed by atoms with E-state index in [-0.39, 0.29) is 31.0 Å². The van der Waals surface area contributed by atoms with Crippen LogP contribution >= 0.6 is 11.6 Å². The number of fused-ring (bicyclic) bond motifs is 1. The number of carbonyl (C=O) groups is 2. The zero-order valence-corrected chi connectivity index (χ0v) is 21.8. The molecule has 0 heterocycles. The van der Waals surface area contributed by atoms with Crippen LogP contribution in [0.5, 0.6) is 5.75 Å². The Kier molecular flexibility index (Phi) is 8.81. The van der Waals surface area contributed by atoms with E-state index in [0.717, 1.165) is 21.9 Å². The van der Waals surface area contributed by atoms with Gasteiger partial charge in [-0.15, -0.1) is 0 Å². The fraction of sp³-hybridized carbons (Fsp3) is 0.226. The van der Waals surface area contributed by atoms with Gasteiger partial charge >= 0.3 is 0 Å². The van der Waals surface area contributed by atoms with Crippen molar-refractivity contribution in [3.05, 3.63) is 113 Å². The van der Waals surface area contributed by atoms with Crippen molar-refractivity contribution in [2.75, 3.05) is 6.61 Å². The Balaban J connectivity index is 1.65. The number of benzene rings is 4. The molecule has 4 aromatic rings. The lowest BCUT2D eigenvalue weighted by Gasteiger charge is -2.32. The molecular weight excluding hydrogens is 484 g/mol. The normalized spacial score (nSPS) is 11.8. The van der Waals surface area contributed by atoms with Gasteiger partial charge in [-0.3, -0.25) is 9.59 Å². The van der Waals surface area contributed by atoms with Crippen LogP contribution in [0.15, 0.2) is 97.1 Å². The highest BCUT2D eigenvalue weighted by atomic mass is 35.5. The van der Waals surface area contributed by atoms with Crippen LogP contribution < -0.4 is 10.1 Å². The van der Waals surface area contributed by atoms with E-state index in [0.29, 0.717) is 17.2 Å². The minimum absolute atomic E-state index is 0.0741. The quantitative estimate of drug-likeness (QED) is 0.281. The zero-order chi connectivity index (χ0) is 26.2. The molecule has 0 aliphatic rings. The summed E-state index contributed by atoms with van der Waals surface area (Å²) in [5, 5.41) is 5.48. The van der Waals surface area contributed by atoms with Crippen molar-refractivity contribution < 1.29 is 14.3 Å². The number of hydrogen-bond donors (Lipinski definition) is 1. The number of ether oxygens (including phenoxy) is 1. The average molecular weight is 515 g/mol. The third-order valence-corrected chi connectivity index (χ3v) is 6.47. The summed E-state index contributed by atoms with van der Waals surface area (Å²) in [6, 6.07) is 29.9. The van der Waals surface area contributed by atoms with E-state index in [1.54, 1.807) is 11.0 Å². The van der Waals surface area contributed by atoms with E-state index >= 15 is 0 Å². The van der Waals surface area contributed by atoms with Crippen molar-refractivity contribution >= 4 is 34.2 Å². The molecule has 4 rings (SSSR count). The van der Waals surface area contributed by atoms with Gasteiger partial charge in [-0.05, 0) is 42.5 Å². The van der Waals surface area contributed by atoms with Crippen LogP contribution in [0, 0.1) is 0 Å². The minimum atomic E-state index is -0.746. The number of hydrogen-bond acceptors (Lipinski definition) is 3. The van der Waals surface area contributed by atoms with Crippen molar-refractivity contribution in [3.63, 3.8) is 0 Å². The van der Waals surface area contributed by atoms with Gasteiger partial charge in [0.25, 0.3) is 5.91 Å². The number of amides is 2. The highest BCUT2D eigenvalue weighted by molar-refractivity contribution is 6.31. The second kappa shape index (κ2) is 12.4.